The van der Waals surface area contributed by atoms with Crippen molar-refractivity contribution < 1.29 is 0 Å². The summed E-state index contributed by atoms with van der Waals surface area (Å²) in [4.78, 5) is 5.23. The Labute approximate surface area is 116 Å². The Morgan fingerprint density at radius 3 is 2.32 bits per heavy atom. The van der Waals surface area contributed by atoms with Gasteiger partial charge in [0.25, 0.3) is 0 Å². The summed E-state index contributed by atoms with van der Waals surface area (Å²) in [5, 5.41) is 0. The fourth-order valence-electron chi connectivity index (χ4n) is 3.52. The normalized spacial score (nSPS) is 22.6. The average molecular weight is 259 g/mol. The number of rotatable bonds is 2. The molecule has 3 heteroatoms. The molecule has 3 rings (SSSR count). The van der Waals surface area contributed by atoms with Gasteiger partial charge in [0.05, 0.1) is 0 Å². The van der Waals surface area contributed by atoms with Gasteiger partial charge < -0.3 is 10.6 Å². The average Bonchev–Trinajstić information content (AvgIpc) is 2.85. The monoisotopic (exact) mass is 259 g/mol. The first-order valence-corrected chi connectivity index (χ1v) is 7.67. The van der Waals surface area contributed by atoms with Gasteiger partial charge in [0.1, 0.15) is 0 Å². The van der Waals surface area contributed by atoms with Gasteiger partial charge in [-0.15, -0.1) is 0 Å². The van der Waals surface area contributed by atoms with Crippen LogP contribution in [-0.2, 0) is 0 Å². The molecule has 0 amide bonds. The highest BCUT2D eigenvalue weighted by molar-refractivity contribution is 5.53. The van der Waals surface area contributed by atoms with Gasteiger partial charge in [-0.2, -0.15) is 0 Å². The third-order valence-corrected chi connectivity index (χ3v) is 4.63. The van der Waals surface area contributed by atoms with Crippen molar-refractivity contribution in [2.45, 2.75) is 38.1 Å². The van der Waals surface area contributed by atoms with E-state index in [-0.39, 0.29) is 0 Å². The van der Waals surface area contributed by atoms with Gasteiger partial charge in [0, 0.05) is 43.6 Å². The number of nitrogens with zero attached hydrogens (tertiary/aromatic N) is 2. The van der Waals surface area contributed by atoms with Crippen LogP contribution in [0.4, 0.5) is 11.4 Å². The van der Waals surface area contributed by atoms with Crippen LogP contribution >= 0.6 is 0 Å². The van der Waals surface area contributed by atoms with E-state index in [1.807, 2.05) is 12.1 Å². The molecule has 1 saturated carbocycles. The van der Waals surface area contributed by atoms with E-state index >= 15 is 0 Å². The molecule has 3 nitrogen and oxygen atoms in total. The number of hydrogen-bond acceptors (Lipinski definition) is 3. The molecule has 1 aromatic rings. The SMILES string of the molecule is Nc1ccc(N2CCCN(C3CCCC3)CC2)cc1. The topological polar surface area (TPSA) is 32.5 Å². The number of benzene rings is 1. The number of nitrogen functional groups attached to an aromatic ring is 1. The Hall–Kier alpha value is -1.22. The Bertz CT molecular complexity index is 395. The van der Waals surface area contributed by atoms with Crippen LogP contribution in [0.1, 0.15) is 32.1 Å². The predicted molar refractivity (Wildman–Crippen MR) is 81.5 cm³/mol. The van der Waals surface area contributed by atoms with E-state index in [1.54, 1.807) is 0 Å². The van der Waals surface area contributed by atoms with Gasteiger partial charge in [-0.3, -0.25) is 4.90 Å². The number of nitrogens with two attached hydrogens (primary N) is 1. The maximum atomic E-state index is 5.77. The minimum Gasteiger partial charge on any atom is -0.399 e. The molecule has 2 aliphatic rings. The first kappa shape index (κ1) is 12.8. The largest absolute Gasteiger partial charge is 0.399 e. The van der Waals surface area contributed by atoms with Gasteiger partial charge in [-0.1, -0.05) is 12.8 Å². The molecule has 1 heterocycles. The summed E-state index contributed by atoms with van der Waals surface area (Å²) < 4.78 is 0. The molecular weight excluding hydrogens is 234 g/mol. The van der Waals surface area contributed by atoms with Gasteiger partial charge in [0.15, 0.2) is 0 Å². The Morgan fingerprint density at radius 1 is 0.842 bits per heavy atom. The minimum absolute atomic E-state index is 0.853. The zero-order chi connectivity index (χ0) is 13.1. The van der Waals surface area contributed by atoms with E-state index in [1.165, 1.54) is 57.4 Å². The van der Waals surface area contributed by atoms with Gasteiger partial charge in [-0.05, 0) is 43.5 Å². The molecule has 1 aromatic carbocycles. The summed E-state index contributed by atoms with van der Waals surface area (Å²) in [6, 6.07) is 9.19. The predicted octanol–water partition coefficient (Wildman–Crippen LogP) is 2.72. The minimum atomic E-state index is 0.853. The number of hydrogen-bond donors (Lipinski definition) is 1. The third kappa shape index (κ3) is 3.03. The number of anilines is 2. The Kier molecular flexibility index (Phi) is 3.92. The van der Waals surface area contributed by atoms with Crippen molar-refractivity contribution >= 4 is 11.4 Å². The lowest BCUT2D eigenvalue weighted by Crippen LogP contribution is -2.36. The summed E-state index contributed by atoms with van der Waals surface area (Å²) in [7, 11) is 0. The molecule has 2 fully saturated rings. The van der Waals surface area contributed by atoms with Crippen LogP contribution in [0.15, 0.2) is 24.3 Å². The zero-order valence-electron chi connectivity index (χ0n) is 11.7. The van der Waals surface area contributed by atoms with Crippen LogP contribution in [0.2, 0.25) is 0 Å². The van der Waals surface area contributed by atoms with E-state index in [0.29, 0.717) is 0 Å². The quantitative estimate of drug-likeness (QED) is 0.829. The molecule has 0 aromatic heterocycles. The van der Waals surface area contributed by atoms with Crippen molar-refractivity contribution in [2.24, 2.45) is 0 Å². The zero-order valence-corrected chi connectivity index (χ0v) is 11.7. The summed E-state index contributed by atoms with van der Waals surface area (Å²) in [5.74, 6) is 0. The second kappa shape index (κ2) is 5.83. The highest BCUT2D eigenvalue weighted by atomic mass is 15.2. The molecule has 1 aliphatic carbocycles. The Balaban J connectivity index is 1.62. The van der Waals surface area contributed by atoms with E-state index in [4.69, 9.17) is 5.73 Å². The van der Waals surface area contributed by atoms with Crippen molar-refractivity contribution in [3.05, 3.63) is 24.3 Å². The molecule has 1 aliphatic heterocycles. The van der Waals surface area contributed by atoms with Gasteiger partial charge >= 0.3 is 0 Å². The lowest BCUT2D eigenvalue weighted by Gasteiger charge is -2.27. The van der Waals surface area contributed by atoms with Crippen molar-refractivity contribution in [2.75, 3.05) is 36.8 Å². The fraction of sp³-hybridized carbons (Fsp3) is 0.625. The molecule has 0 unspecified atom stereocenters. The first-order chi connectivity index (χ1) is 9.33. The maximum absolute atomic E-state index is 5.77. The molecule has 104 valence electrons. The lowest BCUT2D eigenvalue weighted by molar-refractivity contribution is 0.213. The lowest BCUT2D eigenvalue weighted by atomic mass is 10.2. The van der Waals surface area contributed by atoms with Crippen molar-refractivity contribution in [3.8, 4) is 0 Å². The molecule has 19 heavy (non-hydrogen) atoms. The first-order valence-electron chi connectivity index (χ1n) is 7.67. The molecule has 0 atom stereocenters. The molecular formula is C16H25N3. The van der Waals surface area contributed by atoms with Crippen LogP contribution in [0.3, 0.4) is 0 Å². The van der Waals surface area contributed by atoms with E-state index in [0.717, 1.165) is 18.3 Å². The summed E-state index contributed by atoms with van der Waals surface area (Å²) >= 11 is 0. The molecule has 0 radical (unpaired) electrons. The van der Waals surface area contributed by atoms with E-state index < -0.39 is 0 Å². The van der Waals surface area contributed by atoms with Gasteiger partial charge in [0.2, 0.25) is 0 Å². The molecule has 0 spiro atoms. The second-order valence-corrected chi connectivity index (χ2v) is 5.91. The second-order valence-electron chi connectivity index (χ2n) is 5.91. The van der Waals surface area contributed by atoms with Crippen molar-refractivity contribution in [1.82, 2.24) is 4.90 Å². The highest BCUT2D eigenvalue weighted by Gasteiger charge is 2.24. The van der Waals surface area contributed by atoms with E-state index in [2.05, 4.69) is 21.9 Å². The highest BCUT2D eigenvalue weighted by Crippen LogP contribution is 2.25. The standard InChI is InChI=1S/C16H25N3/c17-14-6-8-16(9-7-14)19-11-3-10-18(12-13-19)15-4-1-2-5-15/h6-9,15H,1-5,10-13,17H2. The smallest absolute Gasteiger partial charge is 0.0368 e. The van der Waals surface area contributed by atoms with Gasteiger partial charge in [-0.25, -0.2) is 0 Å². The van der Waals surface area contributed by atoms with Crippen LogP contribution in [0, 0.1) is 0 Å². The van der Waals surface area contributed by atoms with Crippen LogP contribution < -0.4 is 10.6 Å². The van der Waals surface area contributed by atoms with Crippen LogP contribution in [0.5, 0.6) is 0 Å². The Morgan fingerprint density at radius 2 is 1.58 bits per heavy atom. The molecule has 1 saturated heterocycles. The third-order valence-electron chi connectivity index (χ3n) is 4.63. The molecule has 0 bridgehead atoms. The summed E-state index contributed by atoms with van der Waals surface area (Å²) in [5.41, 5.74) is 7.94. The van der Waals surface area contributed by atoms with Crippen molar-refractivity contribution in [1.29, 1.82) is 0 Å². The molecule has 2 N–H and O–H groups in total. The summed E-state index contributed by atoms with van der Waals surface area (Å²) in [6.45, 7) is 4.82. The van der Waals surface area contributed by atoms with Crippen LogP contribution in [0.25, 0.3) is 0 Å². The summed E-state index contributed by atoms with van der Waals surface area (Å²) in [6.07, 6.45) is 6.98. The van der Waals surface area contributed by atoms with Crippen molar-refractivity contribution in [3.63, 3.8) is 0 Å². The van der Waals surface area contributed by atoms with E-state index in [9.17, 15) is 0 Å². The fourth-order valence-corrected chi connectivity index (χ4v) is 3.52. The van der Waals surface area contributed by atoms with Crippen LogP contribution in [-0.4, -0.2) is 37.1 Å². The maximum Gasteiger partial charge on any atom is 0.0368 e.